The highest BCUT2D eigenvalue weighted by Crippen LogP contribution is 2.26. The minimum absolute atomic E-state index is 0.236. The fraction of sp³-hybridized carbons (Fsp3) is 0.174. The van der Waals surface area contributed by atoms with Gasteiger partial charge < -0.3 is 9.88 Å². The van der Waals surface area contributed by atoms with E-state index in [0.29, 0.717) is 28.2 Å². The van der Waals surface area contributed by atoms with Crippen LogP contribution < -0.4 is 5.32 Å². The summed E-state index contributed by atoms with van der Waals surface area (Å²) in [6.45, 7) is 3.34. The quantitative estimate of drug-likeness (QED) is 0.509. The molecule has 0 radical (unpaired) electrons. The van der Waals surface area contributed by atoms with Gasteiger partial charge in [-0.2, -0.15) is 0 Å². The van der Waals surface area contributed by atoms with Crippen molar-refractivity contribution < 1.29 is 19.2 Å². The number of nitrogens with one attached hydrogen (secondary N) is 1. The molecule has 156 valence electrons. The third-order valence-corrected chi connectivity index (χ3v) is 5.28. The van der Waals surface area contributed by atoms with Crippen molar-refractivity contribution in [3.63, 3.8) is 0 Å². The molecule has 0 unspecified atom stereocenters. The highest BCUT2D eigenvalue weighted by atomic mass is 16.2. The van der Waals surface area contributed by atoms with Crippen LogP contribution in [0.15, 0.2) is 54.9 Å². The summed E-state index contributed by atoms with van der Waals surface area (Å²) in [7, 11) is 1.73. The predicted molar refractivity (Wildman–Crippen MR) is 113 cm³/mol. The molecule has 8 heteroatoms. The first kappa shape index (κ1) is 20.2. The van der Waals surface area contributed by atoms with Gasteiger partial charge in [0.15, 0.2) is 5.82 Å². The zero-order valence-corrected chi connectivity index (χ0v) is 17.2. The molecular weight excluding hydrogens is 396 g/mol. The Morgan fingerprint density at radius 1 is 1.00 bits per heavy atom. The highest BCUT2D eigenvalue weighted by Gasteiger charge is 2.40. The lowest BCUT2D eigenvalue weighted by atomic mass is 10.1. The van der Waals surface area contributed by atoms with Crippen LogP contribution in [-0.4, -0.2) is 44.0 Å². The zero-order chi connectivity index (χ0) is 22.3. The fourth-order valence-corrected chi connectivity index (χ4v) is 3.51. The number of carbonyl (C=O) groups excluding carboxylic acids is 4. The first-order valence-electron chi connectivity index (χ1n) is 9.69. The number of anilines is 1. The predicted octanol–water partition coefficient (Wildman–Crippen LogP) is 2.58. The first-order chi connectivity index (χ1) is 14.8. The SMILES string of the molecule is Cc1ccc2c(c1)C(=O)N([C@H](C)C(=O)Nc1ccc(C(=O)c3nccn3C)cc1)C2=O. The molecule has 1 aliphatic rings. The van der Waals surface area contributed by atoms with Crippen LogP contribution in [0.4, 0.5) is 5.69 Å². The van der Waals surface area contributed by atoms with E-state index in [2.05, 4.69) is 10.3 Å². The summed E-state index contributed by atoms with van der Waals surface area (Å²) in [6, 6.07) is 10.4. The lowest BCUT2D eigenvalue weighted by molar-refractivity contribution is -0.119. The number of hydrogen-bond donors (Lipinski definition) is 1. The van der Waals surface area contributed by atoms with Crippen LogP contribution in [0.2, 0.25) is 0 Å². The molecule has 2 aromatic carbocycles. The van der Waals surface area contributed by atoms with Crippen LogP contribution in [0, 0.1) is 6.92 Å². The van der Waals surface area contributed by atoms with Crippen molar-refractivity contribution in [3.8, 4) is 0 Å². The minimum atomic E-state index is -0.999. The number of ketones is 1. The standard InChI is InChI=1S/C23H20N4O4/c1-13-4-9-17-18(12-13)23(31)27(22(17)30)14(2)21(29)25-16-7-5-15(6-8-16)19(28)20-24-10-11-26(20)3/h4-12,14H,1-3H3,(H,25,29)/t14-/m1/s1. The number of carbonyl (C=O) groups is 4. The number of fused-ring (bicyclic) bond motifs is 1. The van der Waals surface area contributed by atoms with E-state index in [-0.39, 0.29) is 5.78 Å². The topological polar surface area (TPSA) is 101 Å². The van der Waals surface area contributed by atoms with E-state index in [1.807, 2.05) is 6.92 Å². The molecule has 8 nitrogen and oxygen atoms in total. The van der Waals surface area contributed by atoms with Gasteiger partial charge in [0.2, 0.25) is 11.7 Å². The summed E-state index contributed by atoms with van der Waals surface area (Å²) in [5.74, 6) is -1.40. The van der Waals surface area contributed by atoms with E-state index in [4.69, 9.17) is 0 Å². The van der Waals surface area contributed by atoms with Crippen molar-refractivity contribution in [2.24, 2.45) is 7.05 Å². The molecule has 0 fully saturated rings. The Morgan fingerprint density at radius 2 is 1.68 bits per heavy atom. The summed E-state index contributed by atoms with van der Waals surface area (Å²) >= 11 is 0. The van der Waals surface area contributed by atoms with E-state index in [1.165, 1.54) is 6.92 Å². The largest absolute Gasteiger partial charge is 0.331 e. The summed E-state index contributed by atoms with van der Waals surface area (Å²) in [5.41, 5.74) is 2.34. The lowest BCUT2D eigenvalue weighted by Gasteiger charge is -2.21. The van der Waals surface area contributed by atoms with Gasteiger partial charge in [-0.05, 0) is 50.2 Å². The second kappa shape index (κ2) is 7.64. The summed E-state index contributed by atoms with van der Waals surface area (Å²) in [5, 5.41) is 2.69. The molecule has 1 atom stereocenters. The smallest absolute Gasteiger partial charge is 0.262 e. The minimum Gasteiger partial charge on any atom is -0.331 e. The van der Waals surface area contributed by atoms with Gasteiger partial charge in [0, 0.05) is 30.7 Å². The molecule has 31 heavy (non-hydrogen) atoms. The van der Waals surface area contributed by atoms with Gasteiger partial charge in [-0.3, -0.25) is 24.1 Å². The van der Waals surface area contributed by atoms with Crippen LogP contribution in [0.1, 0.15) is 49.4 Å². The third-order valence-electron chi connectivity index (χ3n) is 5.28. The molecule has 3 aromatic rings. The summed E-state index contributed by atoms with van der Waals surface area (Å²) in [6.07, 6.45) is 3.23. The fourth-order valence-electron chi connectivity index (χ4n) is 3.51. The molecule has 0 saturated heterocycles. The van der Waals surface area contributed by atoms with E-state index in [0.717, 1.165) is 10.5 Å². The van der Waals surface area contributed by atoms with Crippen LogP contribution >= 0.6 is 0 Å². The molecule has 0 spiro atoms. The summed E-state index contributed by atoms with van der Waals surface area (Å²) in [4.78, 5) is 55.6. The van der Waals surface area contributed by atoms with E-state index in [1.54, 1.807) is 66.5 Å². The maximum Gasteiger partial charge on any atom is 0.262 e. The van der Waals surface area contributed by atoms with E-state index in [9.17, 15) is 19.2 Å². The van der Waals surface area contributed by atoms with E-state index >= 15 is 0 Å². The third kappa shape index (κ3) is 3.52. The van der Waals surface area contributed by atoms with Crippen molar-refractivity contribution in [3.05, 3.63) is 82.9 Å². The molecule has 1 N–H and O–H groups in total. The number of imide groups is 1. The van der Waals surface area contributed by atoms with Gasteiger partial charge in [-0.1, -0.05) is 11.6 Å². The monoisotopic (exact) mass is 416 g/mol. The number of nitrogens with zero attached hydrogens (tertiary/aromatic N) is 3. The Kier molecular flexibility index (Phi) is 4.98. The van der Waals surface area contributed by atoms with Gasteiger partial charge in [0.1, 0.15) is 6.04 Å². The molecule has 0 aliphatic carbocycles. The Bertz CT molecular complexity index is 1230. The van der Waals surface area contributed by atoms with Gasteiger partial charge in [0.25, 0.3) is 11.8 Å². The number of aromatic nitrogens is 2. The molecule has 0 saturated carbocycles. The first-order valence-corrected chi connectivity index (χ1v) is 9.69. The number of aryl methyl sites for hydroxylation is 2. The average molecular weight is 416 g/mol. The number of hydrogen-bond acceptors (Lipinski definition) is 5. The molecule has 1 aromatic heterocycles. The van der Waals surface area contributed by atoms with Crippen molar-refractivity contribution >= 4 is 29.2 Å². The molecular formula is C23H20N4O4. The van der Waals surface area contributed by atoms with Gasteiger partial charge in [0.05, 0.1) is 11.1 Å². The van der Waals surface area contributed by atoms with Crippen LogP contribution in [0.5, 0.6) is 0 Å². The Labute approximate surface area is 178 Å². The normalized spacial score (nSPS) is 13.8. The lowest BCUT2D eigenvalue weighted by Crippen LogP contribution is -2.45. The van der Waals surface area contributed by atoms with Gasteiger partial charge >= 0.3 is 0 Å². The number of benzene rings is 2. The van der Waals surface area contributed by atoms with Crippen LogP contribution in [0.25, 0.3) is 0 Å². The second-order valence-corrected chi connectivity index (χ2v) is 7.46. The van der Waals surface area contributed by atoms with Crippen LogP contribution in [0.3, 0.4) is 0 Å². The van der Waals surface area contributed by atoms with Gasteiger partial charge in [-0.25, -0.2) is 4.98 Å². The van der Waals surface area contributed by atoms with Crippen molar-refractivity contribution in [1.82, 2.24) is 14.5 Å². The maximum atomic E-state index is 12.7. The average Bonchev–Trinajstić information content (AvgIpc) is 3.28. The molecule has 1 aliphatic heterocycles. The highest BCUT2D eigenvalue weighted by molar-refractivity contribution is 6.23. The maximum absolute atomic E-state index is 12.7. The zero-order valence-electron chi connectivity index (χ0n) is 17.2. The van der Waals surface area contributed by atoms with Gasteiger partial charge in [-0.15, -0.1) is 0 Å². The van der Waals surface area contributed by atoms with Crippen molar-refractivity contribution in [1.29, 1.82) is 0 Å². The molecule has 0 bridgehead atoms. The van der Waals surface area contributed by atoms with Crippen LogP contribution in [-0.2, 0) is 11.8 Å². The second-order valence-electron chi connectivity index (χ2n) is 7.46. The number of imidazole rings is 1. The summed E-state index contributed by atoms with van der Waals surface area (Å²) < 4.78 is 1.63. The Balaban J connectivity index is 1.47. The molecule has 3 amide bonds. The molecule has 4 rings (SSSR count). The molecule has 2 heterocycles. The Morgan fingerprint density at radius 3 is 2.32 bits per heavy atom. The Hall–Kier alpha value is -4.07. The van der Waals surface area contributed by atoms with Crippen molar-refractivity contribution in [2.45, 2.75) is 19.9 Å². The number of rotatable bonds is 5. The van der Waals surface area contributed by atoms with Crippen molar-refractivity contribution in [2.75, 3.05) is 5.32 Å². The number of amides is 3. The van der Waals surface area contributed by atoms with E-state index < -0.39 is 23.8 Å².